The van der Waals surface area contributed by atoms with E-state index in [4.69, 9.17) is 23.2 Å². The van der Waals surface area contributed by atoms with Gasteiger partial charge in [-0.05, 0) is 36.6 Å². The number of benzene rings is 1. The molecule has 0 saturated carbocycles. The van der Waals surface area contributed by atoms with Crippen molar-refractivity contribution in [2.45, 2.75) is 31.4 Å². The third-order valence-electron chi connectivity index (χ3n) is 3.02. The van der Waals surface area contributed by atoms with Crippen LogP contribution in [0.3, 0.4) is 0 Å². The first kappa shape index (κ1) is 14.4. The third kappa shape index (κ3) is 4.23. The van der Waals surface area contributed by atoms with E-state index in [0.29, 0.717) is 15.6 Å². The number of aliphatic hydroxyl groups is 1. The lowest BCUT2D eigenvalue weighted by Gasteiger charge is -2.15. The van der Waals surface area contributed by atoms with Gasteiger partial charge in [0.15, 0.2) is 0 Å². The van der Waals surface area contributed by atoms with Gasteiger partial charge in [0.05, 0.1) is 12.5 Å². The number of carbonyl (C=O) groups is 1. The van der Waals surface area contributed by atoms with Crippen LogP contribution in [0.5, 0.6) is 0 Å². The highest BCUT2D eigenvalue weighted by Crippen LogP contribution is 2.25. The molecule has 0 heterocycles. The normalized spacial score (nSPS) is 16.6. The average Bonchev–Trinajstić information content (AvgIpc) is 2.80. The molecule has 1 aliphatic carbocycles. The van der Waals surface area contributed by atoms with Crippen LogP contribution in [-0.2, 0) is 4.79 Å². The van der Waals surface area contributed by atoms with Gasteiger partial charge in [-0.15, -0.1) is 0 Å². The molecule has 5 heteroatoms. The van der Waals surface area contributed by atoms with Gasteiger partial charge < -0.3 is 10.4 Å². The standard InChI is InChI=1S/C14H15Cl2NO2/c15-10-5-9(6-11(16)7-10)13(18)8-14(19)17-12-3-1-2-4-12/h1-2,5-7,12-13,18H,3-4,8H2,(H,17,19)/t13-/m1/s1. The van der Waals surface area contributed by atoms with Crippen LogP contribution in [0.2, 0.25) is 10.0 Å². The largest absolute Gasteiger partial charge is 0.388 e. The van der Waals surface area contributed by atoms with E-state index in [9.17, 15) is 9.90 Å². The van der Waals surface area contributed by atoms with Crippen molar-refractivity contribution in [1.82, 2.24) is 5.32 Å². The van der Waals surface area contributed by atoms with Crippen LogP contribution in [0.15, 0.2) is 30.4 Å². The zero-order valence-corrected chi connectivity index (χ0v) is 11.8. The van der Waals surface area contributed by atoms with Crippen LogP contribution >= 0.6 is 23.2 Å². The Morgan fingerprint density at radius 2 is 1.84 bits per heavy atom. The van der Waals surface area contributed by atoms with Gasteiger partial charge >= 0.3 is 0 Å². The van der Waals surface area contributed by atoms with E-state index in [1.54, 1.807) is 18.2 Å². The van der Waals surface area contributed by atoms with Gasteiger partial charge in [-0.2, -0.15) is 0 Å². The minimum absolute atomic E-state index is 0.00711. The Balaban J connectivity index is 1.92. The first-order chi connectivity index (χ1) is 9.04. The lowest BCUT2D eigenvalue weighted by molar-refractivity contribution is -0.123. The molecule has 0 spiro atoms. The zero-order chi connectivity index (χ0) is 13.8. The van der Waals surface area contributed by atoms with Crippen molar-refractivity contribution < 1.29 is 9.90 Å². The molecule has 1 amide bonds. The second-order valence-electron chi connectivity index (χ2n) is 4.63. The number of rotatable bonds is 4. The summed E-state index contributed by atoms with van der Waals surface area (Å²) in [7, 11) is 0. The predicted octanol–water partition coefficient (Wildman–Crippen LogP) is 3.25. The number of nitrogens with one attached hydrogen (secondary N) is 1. The Labute approximate surface area is 122 Å². The summed E-state index contributed by atoms with van der Waals surface area (Å²) in [6, 6.07) is 4.97. The van der Waals surface area contributed by atoms with Crippen LogP contribution in [0, 0.1) is 0 Å². The minimum atomic E-state index is -0.898. The smallest absolute Gasteiger partial charge is 0.223 e. The minimum Gasteiger partial charge on any atom is -0.388 e. The van der Waals surface area contributed by atoms with Gasteiger partial charge in [0.2, 0.25) is 5.91 Å². The fraction of sp³-hybridized carbons (Fsp3) is 0.357. The summed E-state index contributed by atoms with van der Waals surface area (Å²) < 4.78 is 0. The highest BCUT2D eigenvalue weighted by molar-refractivity contribution is 6.34. The van der Waals surface area contributed by atoms with Gasteiger partial charge in [0.1, 0.15) is 0 Å². The molecule has 1 aliphatic rings. The summed E-state index contributed by atoms with van der Waals surface area (Å²) in [5, 5.41) is 13.8. The maximum Gasteiger partial charge on any atom is 0.223 e. The highest BCUT2D eigenvalue weighted by atomic mass is 35.5. The number of amides is 1. The van der Waals surface area contributed by atoms with Gasteiger partial charge in [0, 0.05) is 16.1 Å². The zero-order valence-electron chi connectivity index (χ0n) is 10.3. The predicted molar refractivity (Wildman–Crippen MR) is 76.3 cm³/mol. The van der Waals surface area contributed by atoms with Crippen molar-refractivity contribution in [2.75, 3.05) is 0 Å². The Kier molecular flexibility index (Phi) is 4.86. The molecule has 1 aromatic carbocycles. The Morgan fingerprint density at radius 3 is 2.42 bits per heavy atom. The topological polar surface area (TPSA) is 49.3 Å². The fourth-order valence-electron chi connectivity index (χ4n) is 2.08. The molecule has 0 aliphatic heterocycles. The molecular weight excluding hydrogens is 285 g/mol. The van der Waals surface area contributed by atoms with E-state index in [1.165, 1.54) is 0 Å². The summed E-state index contributed by atoms with van der Waals surface area (Å²) in [4.78, 5) is 11.8. The van der Waals surface area contributed by atoms with Crippen molar-refractivity contribution in [3.05, 3.63) is 46.0 Å². The van der Waals surface area contributed by atoms with Crippen LogP contribution in [0.4, 0.5) is 0 Å². The maximum atomic E-state index is 11.8. The molecule has 2 N–H and O–H groups in total. The van der Waals surface area contributed by atoms with E-state index in [-0.39, 0.29) is 18.4 Å². The Hall–Kier alpha value is -1.03. The van der Waals surface area contributed by atoms with Crippen LogP contribution in [-0.4, -0.2) is 17.1 Å². The van der Waals surface area contributed by atoms with E-state index in [0.717, 1.165) is 12.8 Å². The number of aliphatic hydroxyl groups excluding tert-OH is 1. The van der Waals surface area contributed by atoms with E-state index < -0.39 is 6.10 Å². The second-order valence-corrected chi connectivity index (χ2v) is 5.50. The molecular formula is C14H15Cl2NO2. The average molecular weight is 300 g/mol. The van der Waals surface area contributed by atoms with Crippen LogP contribution in [0.1, 0.15) is 30.9 Å². The summed E-state index contributed by atoms with van der Waals surface area (Å²) in [5.41, 5.74) is 0.553. The number of hydrogen-bond acceptors (Lipinski definition) is 2. The Morgan fingerprint density at radius 1 is 1.26 bits per heavy atom. The summed E-state index contributed by atoms with van der Waals surface area (Å²) >= 11 is 11.7. The first-order valence-corrected chi connectivity index (χ1v) is 6.88. The fourth-order valence-corrected chi connectivity index (χ4v) is 2.63. The van der Waals surface area contributed by atoms with Crippen molar-refractivity contribution in [1.29, 1.82) is 0 Å². The molecule has 102 valence electrons. The van der Waals surface area contributed by atoms with Crippen molar-refractivity contribution in [3.63, 3.8) is 0 Å². The quantitative estimate of drug-likeness (QED) is 0.839. The summed E-state index contributed by atoms with van der Waals surface area (Å²) in [5.74, 6) is -0.169. The molecule has 0 unspecified atom stereocenters. The molecule has 0 bridgehead atoms. The van der Waals surface area contributed by atoms with Gasteiger partial charge in [-0.25, -0.2) is 0 Å². The molecule has 1 aromatic rings. The van der Waals surface area contributed by atoms with E-state index in [1.807, 2.05) is 12.2 Å². The molecule has 1 atom stereocenters. The maximum absolute atomic E-state index is 11.8. The Bertz CT molecular complexity index is 474. The summed E-state index contributed by atoms with van der Waals surface area (Å²) in [6.45, 7) is 0. The number of carbonyl (C=O) groups excluding carboxylic acids is 1. The second kappa shape index (κ2) is 6.42. The molecule has 0 radical (unpaired) electrons. The van der Waals surface area contributed by atoms with Crippen molar-refractivity contribution in [2.24, 2.45) is 0 Å². The van der Waals surface area contributed by atoms with E-state index in [2.05, 4.69) is 5.32 Å². The molecule has 0 aromatic heterocycles. The van der Waals surface area contributed by atoms with Gasteiger partial charge in [-0.1, -0.05) is 35.4 Å². The number of halogens is 2. The molecule has 3 nitrogen and oxygen atoms in total. The first-order valence-electron chi connectivity index (χ1n) is 6.13. The third-order valence-corrected chi connectivity index (χ3v) is 3.46. The van der Waals surface area contributed by atoms with Gasteiger partial charge in [0.25, 0.3) is 0 Å². The van der Waals surface area contributed by atoms with Crippen molar-refractivity contribution in [3.8, 4) is 0 Å². The van der Waals surface area contributed by atoms with Crippen molar-refractivity contribution >= 4 is 29.1 Å². The van der Waals surface area contributed by atoms with Crippen LogP contribution < -0.4 is 5.32 Å². The van der Waals surface area contributed by atoms with E-state index >= 15 is 0 Å². The molecule has 0 saturated heterocycles. The van der Waals surface area contributed by atoms with Crippen LogP contribution in [0.25, 0.3) is 0 Å². The number of hydrogen-bond donors (Lipinski definition) is 2. The molecule has 2 rings (SSSR count). The van der Waals surface area contributed by atoms with Gasteiger partial charge in [-0.3, -0.25) is 4.79 Å². The lowest BCUT2D eigenvalue weighted by atomic mass is 10.1. The monoisotopic (exact) mass is 299 g/mol. The summed E-state index contributed by atoms with van der Waals surface area (Å²) in [6.07, 6.45) is 4.89. The SMILES string of the molecule is O=C(C[C@@H](O)c1cc(Cl)cc(Cl)c1)NC1CC=CC1. The molecule has 19 heavy (non-hydrogen) atoms. The lowest BCUT2D eigenvalue weighted by Crippen LogP contribution is -2.33. The molecule has 0 fully saturated rings. The highest BCUT2D eigenvalue weighted by Gasteiger charge is 2.18.